The minimum Gasteiger partial charge on any atom is -0.360 e. The highest BCUT2D eigenvalue weighted by Gasteiger charge is 1.98. The molecule has 3 N–H and O–H groups in total. The molecule has 0 aliphatic heterocycles. The summed E-state index contributed by atoms with van der Waals surface area (Å²) in [5.74, 6) is 0. The Morgan fingerprint density at radius 1 is 1.67 bits per heavy atom. The van der Waals surface area contributed by atoms with Crippen LogP contribution in [0.4, 0.5) is 0 Å². The van der Waals surface area contributed by atoms with Gasteiger partial charge in [0.15, 0.2) is 6.35 Å². The Balaban J connectivity index is 3.76. The lowest BCUT2D eigenvalue weighted by atomic mass is 10.5. The van der Waals surface area contributed by atoms with Crippen LogP contribution >= 0.6 is 0 Å². The van der Waals surface area contributed by atoms with Gasteiger partial charge in [0.2, 0.25) is 0 Å². The third kappa shape index (κ3) is 3.93. The number of rotatable bonds is 2. The Morgan fingerprint density at radius 2 is 2.11 bits per heavy atom. The quantitative estimate of drug-likeness (QED) is 0.303. The van der Waals surface area contributed by atoms with Crippen LogP contribution in [0.15, 0.2) is 5.10 Å². The van der Waals surface area contributed by atoms with E-state index in [9.17, 15) is 0 Å². The van der Waals surface area contributed by atoms with Crippen LogP contribution in [-0.2, 0) is 0 Å². The van der Waals surface area contributed by atoms with E-state index in [2.05, 4.69) is 5.10 Å². The van der Waals surface area contributed by atoms with Gasteiger partial charge in [-0.1, -0.05) is 0 Å². The standard InChI is InChI=1S/C5H13N3O/c1-4(2)7-8(3)5(6)9/h5,9H,6H2,1-3H3. The number of nitrogens with two attached hydrogens (primary N) is 1. The molecule has 0 aliphatic carbocycles. The third-order valence-electron chi connectivity index (χ3n) is 0.741. The first-order valence-electron chi connectivity index (χ1n) is 2.72. The molecular formula is C5H13N3O. The lowest BCUT2D eigenvalue weighted by molar-refractivity contribution is 0.0299. The van der Waals surface area contributed by atoms with Crippen molar-refractivity contribution in [3.63, 3.8) is 0 Å². The summed E-state index contributed by atoms with van der Waals surface area (Å²) >= 11 is 0. The van der Waals surface area contributed by atoms with E-state index in [1.807, 2.05) is 13.8 Å². The summed E-state index contributed by atoms with van der Waals surface area (Å²) in [6.45, 7) is 3.66. The van der Waals surface area contributed by atoms with Crippen LogP contribution in [0.25, 0.3) is 0 Å². The first-order valence-corrected chi connectivity index (χ1v) is 2.72. The predicted molar refractivity (Wildman–Crippen MR) is 36.7 cm³/mol. The number of aliphatic hydroxyl groups excluding tert-OH is 1. The van der Waals surface area contributed by atoms with Crippen molar-refractivity contribution in [2.24, 2.45) is 10.8 Å². The molecule has 1 unspecified atom stereocenters. The molecule has 0 fully saturated rings. The monoisotopic (exact) mass is 131 g/mol. The average Bonchev–Trinajstić information content (AvgIpc) is 1.63. The number of hydrogen-bond acceptors (Lipinski definition) is 4. The molecule has 0 rings (SSSR count). The first-order chi connectivity index (χ1) is 4.04. The highest BCUT2D eigenvalue weighted by atomic mass is 16.3. The van der Waals surface area contributed by atoms with E-state index < -0.39 is 6.35 Å². The highest BCUT2D eigenvalue weighted by molar-refractivity contribution is 5.78. The molecule has 0 aliphatic rings. The van der Waals surface area contributed by atoms with Crippen molar-refractivity contribution < 1.29 is 5.11 Å². The van der Waals surface area contributed by atoms with E-state index in [0.717, 1.165) is 5.71 Å². The molecule has 0 bridgehead atoms. The van der Waals surface area contributed by atoms with Crippen molar-refractivity contribution in [3.8, 4) is 0 Å². The molecule has 1 atom stereocenters. The lowest BCUT2D eigenvalue weighted by Crippen LogP contribution is -2.35. The van der Waals surface area contributed by atoms with Crippen molar-refractivity contribution in [1.29, 1.82) is 0 Å². The van der Waals surface area contributed by atoms with Crippen LogP contribution in [0, 0.1) is 0 Å². The fraction of sp³-hybridized carbons (Fsp3) is 0.800. The number of nitrogens with zero attached hydrogens (tertiary/aromatic N) is 2. The first kappa shape index (κ1) is 8.39. The van der Waals surface area contributed by atoms with Crippen LogP contribution in [0.5, 0.6) is 0 Å². The molecule has 54 valence electrons. The summed E-state index contributed by atoms with van der Waals surface area (Å²) in [5.41, 5.74) is 5.92. The molecule has 0 radical (unpaired) electrons. The SMILES string of the molecule is CC(C)=NN(C)C(N)O. The van der Waals surface area contributed by atoms with E-state index in [4.69, 9.17) is 10.8 Å². The maximum atomic E-state index is 8.67. The number of aliphatic hydroxyl groups is 1. The van der Waals surface area contributed by atoms with Gasteiger partial charge in [0, 0.05) is 12.8 Å². The maximum absolute atomic E-state index is 8.67. The van der Waals surface area contributed by atoms with Gasteiger partial charge in [-0.25, -0.2) is 0 Å². The van der Waals surface area contributed by atoms with Gasteiger partial charge >= 0.3 is 0 Å². The summed E-state index contributed by atoms with van der Waals surface area (Å²) in [7, 11) is 1.61. The average molecular weight is 131 g/mol. The van der Waals surface area contributed by atoms with Gasteiger partial charge in [0.05, 0.1) is 0 Å². The van der Waals surface area contributed by atoms with Crippen LogP contribution in [0.3, 0.4) is 0 Å². The second kappa shape index (κ2) is 3.42. The second-order valence-corrected chi connectivity index (χ2v) is 2.03. The van der Waals surface area contributed by atoms with Gasteiger partial charge in [-0.15, -0.1) is 0 Å². The van der Waals surface area contributed by atoms with Gasteiger partial charge in [-0.3, -0.25) is 10.7 Å². The molecule has 0 aromatic rings. The Hall–Kier alpha value is -0.610. The molecule has 0 aromatic heterocycles. The second-order valence-electron chi connectivity index (χ2n) is 2.03. The van der Waals surface area contributed by atoms with Crippen molar-refractivity contribution in [3.05, 3.63) is 0 Å². The zero-order valence-corrected chi connectivity index (χ0v) is 6.00. The fourth-order valence-electron chi connectivity index (χ4n) is 0.375. The molecule has 4 nitrogen and oxygen atoms in total. The lowest BCUT2D eigenvalue weighted by Gasteiger charge is -2.15. The Kier molecular flexibility index (Phi) is 3.19. The van der Waals surface area contributed by atoms with Crippen molar-refractivity contribution in [2.45, 2.75) is 20.2 Å². The number of hydrogen-bond donors (Lipinski definition) is 2. The normalized spacial score (nSPS) is 12.6. The smallest absolute Gasteiger partial charge is 0.196 e. The van der Waals surface area contributed by atoms with Crippen LogP contribution in [0.2, 0.25) is 0 Å². The fourth-order valence-corrected chi connectivity index (χ4v) is 0.375. The third-order valence-corrected chi connectivity index (χ3v) is 0.741. The van der Waals surface area contributed by atoms with Gasteiger partial charge in [-0.2, -0.15) is 5.10 Å². The molecular weight excluding hydrogens is 118 g/mol. The predicted octanol–water partition coefficient (Wildman–Crippen LogP) is -0.451. The van der Waals surface area contributed by atoms with E-state index in [-0.39, 0.29) is 0 Å². The van der Waals surface area contributed by atoms with E-state index in [0.29, 0.717) is 0 Å². The van der Waals surface area contributed by atoms with Crippen LogP contribution < -0.4 is 5.73 Å². The van der Waals surface area contributed by atoms with Crippen molar-refractivity contribution >= 4 is 5.71 Å². The summed E-state index contributed by atoms with van der Waals surface area (Å²) in [4.78, 5) is 0. The highest BCUT2D eigenvalue weighted by Crippen LogP contribution is 1.85. The Morgan fingerprint density at radius 3 is 2.22 bits per heavy atom. The van der Waals surface area contributed by atoms with Gasteiger partial charge in [0.1, 0.15) is 0 Å². The molecule has 0 amide bonds. The zero-order chi connectivity index (χ0) is 7.44. The maximum Gasteiger partial charge on any atom is 0.196 e. The summed E-state index contributed by atoms with van der Waals surface area (Å²) in [6.07, 6.45) is -1.00. The van der Waals surface area contributed by atoms with Crippen LogP contribution in [-0.4, -0.2) is 29.2 Å². The van der Waals surface area contributed by atoms with E-state index in [1.54, 1.807) is 7.05 Å². The van der Waals surface area contributed by atoms with E-state index in [1.165, 1.54) is 5.01 Å². The van der Waals surface area contributed by atoms with Gasteiger partial charge in [-0.05, 0) is 13.8 Å². The van der Waals surface area contributed by atoms with E-state index >= 15 is 0 Å². The largest absolute Gasteiger partial charge is 0.360 e. The Labute approximate surface area is 55.0 Å². The van der Waals surface area contributed by atoms with Crippen molar-refractivity contribution in [1.82, 2.24) is 5.01 Å². The molecule has 0 saturated heterocycles. The summed E-state index contributed by atoms with van der Waals surface area (Å²) in [5, 5.41) is 13.8. The topological polar surface area (TPSA) is 61.8 Å². The minimum absolute atomic E-state index is 0.863. The van der Waals surface area contributed by atoms with Gasteiger partial charge in [0.25, 0.3) is 0 Å². The zero-order valence-electron chi connectivity index (χ0n) is 6.00. The molecule has 0 spiro atoms. The summed E-state index contributed by atoms with van der Waals surface area (Å²) < 4.78 is 0. The number of hydrazone groups is 1. The summed E-state index contributed by atoms with van der Waals surface area (Å²) in [6, 6.07) is 0. The molecule has 9 heavy (non-hydrogen) atoms. The molecule has 0 heterocycles. The molecule has 0 aromatic carbocycles. The Bertz CT molecular complexity index is 107. The molecule has 0 saturated carbocycles. The van der Waals surface area contributed by atoms with Gasteiger partial charge < -0.3 is 5.11 Å². The minimum atomic E-state index is -1.00. The molecule has 4 heteroatoms. The van der Waals surface area contributed by atoms with Crippen molar-refractivity contribution in [2.75, 3.05) is 7.05 Å². The van der Waals surface area contributed by atoms with Crippen LogP contribution in [0.1, 0.15) is 13.8 Å².